The van der Waals surface area contributed by atoms with Crippen LogP contribution >= 0.6 is 47.2 Å². The first-order chi connectivity index (χ1) is 16.3. The van der Waals surface area contributed by atoms with E-state index in [4.69, 9.17) is 45.3 Å². The topological polar surface area (TPSA) is 75.9 Å². The van der Waals surface area contributed by atoms with Crippen molar-refractivity contribution in [1.29, 1.82) is 0 Å². The molecule has 2 aliphatic heterocycles. The fourth-order valence-electron chi connectivity index (χ4n) is 4.92. The number of carbonyl (C=O) groups excluding carboxylic acids is 2. The molecule has 10 heteroatoms. The van der Waals surface area contributed by atoms with Gasteiger partial charge in [-0.15, -0.1) is 12.4 Å². The number of carbonyl (C=O) groups is 2. The molecule has 2 fully saturated rings. The van der Waals surface area contributed by atoms with Crippen LogP contribution in [-0.2, 0) is 9.53 Å². The molecule has 0 spiro atoms. The third-order valence-corrected chi connectivity index (χ3v) is 7.88. The van der Waals surface area contributed by atoms with Crippen LogP contribution in [0.4, 0.5) is 0 Å². The summed E-state index contributed by atoms with van der Waals surface area (Å²) in [5, 5.41) is 1.48. The van der Waals surface area contributed by atoms with Crippen LogP contribution in [0.5, 0.6) is 0 Å². The molecule has 0 radical (unpaired) electrons. The van der Waals surface area contributed by atoms with E-state index in [0.717, 1.165) is 5.56 Å². The van der Waals surface area contributed by atoms with Crippen molar-refractivity contribution >= 4 is 59.0 Å². The minimum absolute atomic E-state index is 0. The molecule has 2 N–H and O–H groups in total. The molecule has 4 atom stereocenters. The second-order valence-electron chi connectivity index (χ2n) is 8.98. The summed E-state index contributed by atoms with van der Waals surface area (Å²) in [6.45, 7) is 1.93. The molecule has 0 aromatic heterocycles. The lowest BCUT2D eigenvalue weighted by molar-refractivity contribution is -0.141. The Labute approximate surface area is 227 Å². The Balaban J connectivity index is 0.00000342. The lowest BCUT2D eigenvalue weighted by Crippen LogP contribution is -2.55. The van der Waals surface area contributed by atoms with E-state index in [0.29, 0.717) is 59.8 Å². The summed E-state index contributed by atoms with van der Waals surface area (Å²) in [6.07, 6.45) is 1.25. The highest BCUT2D eigenvalue weighted by Gasteiger charge is 2.40. The van der Waals surface area contributed by atoms with Crippen LogP contribution in [0.2, 0.25) is 15.1 Å². The zero-order valence-corrected chi connectivity index (χ0v) is 22.4. The van der Waals surface area contributed by atoms with Crippen LogP contribution in [-0.4, -0.2) is 67.0 Å². The average Bonchev–Trinajstić information content (AvgIpc) is 2.85. The zero-order valence-electron chi connectivity index (χ0n) is 19.3. The Bertz CT molecular complexity index is 1050. The summed E-state index contributed by atoms with van der Waals surface area (Å²) < 4.78 is 5.41. The Hall–Kier alpha value is -1.54. The van der Waals surface area contributed by atoms with Crippen LogP contribution in [0.3, 0.4) is 0 Å². The van der Waals surface area contributed by atoms with Gasteiger partial charge in [-0.1, -0.05) is 40.9 Å². The number of halogens is 4. The van der Waals surface area contributed by atoms with Crippen LogP contribution in [0.15, 0.2) is 42.5 Å². The molecular weight excluding hydrogens is 532 g/mol. The van der Waals surface area contributed by atoms with E-state index >= 15 is 0 Å². The van der Waals surface area contributed by atoms with Gasteiger partial charge < -0.3 is 20.3 Å². The second kappa shape index (κ2) is 12.1. The lowest BCUT2D eigenvalue weighted by atomic mass is 9.83. The summed E-state index contributed by atoms with van der Waals surface area (Å²) in [7, 11) is 1.80. The van der Waals surface area contributed by atoms with E-state index < -0.39 is 0 Å². The Morgan fingerprint density at radius 3 is 2.43 bits per heavy atom. The standard InChI is InChI=1S/C25H28Cl3N3O3.ClH/c1-30(24(32)15-2-5-17(26)6-3-15)23-8-10-31(25(33)18-9-11-34-14-22(18)29)13-19(23)16-4-7-20(27)21(28)12-16;/h2-7,12,18-19,22-23H,8-11,13-14,29H2,1H3;1H/t18-,19?,22+,23?;/m0./s1. The number of nitrogens with two attached hydrogens (primary N) is 1. The van der Waals surface area contributed by atoms with E-state index in [1.165, 1.54) is 0 Å². The predicted molar refractivity (Wildman–Crippen MR) is 142 cm³/mol. The van der Waals surface area contributed by atoms with Crippen molar-refractivity contribution in [1.82, 2.24) is 9.80 Å². The molecule has 0 aliphatic carbocycles. The van der Waals surface area contributed by atoms with Crippen molar-refractivity contribution in [2.24, 2.45) is 11.7 Å². The first-order valence-corrected chi connectivity index (χ1v) is 12.5. The molecule has 2 saturated heterocycles. The fraction of sp³-hybridized carbons (Fsp3) is 0.440. The molecule has 2 heterocycles. The lowest BCUT2D eigenvalue weighted by Gasteiger charge is -2.44. The molecule has 2 aromatic carbocycles. The van der Waals surface area contributed by atoms with Crippen LogP contribution in [0, 0.1) is 5.92 Å². The number of nitrogens with zero attached hydrogens (tertiary/aromatic N) is 2. The van der Waals surface area contributed by atoms with E-state index in [1.807, 2.05) is 17.0 Å². The largest absolute Gasteiger partial charge is 0.380 e. The van der Waals surface area contributed by atoms with Gasteiger partial charge in [0.15, 0.2) is 0 Å². The van der Waals surface area contributed by atoms with E-state index in [2.05, 4.69) is 0 Å². The highest BCUT2D eigenvalue weighted by Crippen LogP contribution is 2.35. The molecular formula is C25H29Cl4N3O3. The molecule has 0 bridgehead atoms. The van der Waals surface area contributed by atoms with Crippen LogP contribution < -0.4 is 5.73 Å². The maximum atomic E-state index is 13.4. The van der Waals surface area contributed by atoms with Gasteiger partial charge in [0.25, 0.3) is 5.91 Å². The number of ether oxygens (including phenoxy) is 1. The van der Waals surface area contributed by atoms with Crippen molar-refractivity contribution in [2.45, 2.75) is 30.8 Å². The number of rotatable bonds is 4. The summed E-state index contributed by atoms with van der Waals surface area (Å²) in [6, 6.07) is 11.9. The quantitative estimate of drug-likeness (QED) is 0.577. The van der Waals surface area contributed by atoms with Crippen molar-refractivity contribution in [2.75, 3.05) is 33.4 Å². The fourth-order valence-corrected chi connectivity index (χ4v) is 5.35. The van der Waals surface area contributed by atoms with Crippen molar-refractivity contribution in [3.8, 4) is 0 Å². The molecule has 4 rings (SSSR count). The van der Waals surface area contributed by atoms with Gasteiger partial charge in [0, 0.05) is 55.3 Å². The van der Waals surface area contributed by atoms with Gasteiger partial charge in [-0.25, -0.2) is 0 Å². The van der Waals surface area contributed by atoms with Gasteiger partial charge >= 0.3 is 0 Å². The number of hydrogen-bond donors (Lipinski definition) is 1. The van der Waals surface area contributed by atoms with Gasteiger partial charge in [0.05, 0.1) is 22.6 Å². The van der Waals surface area contributed by atoms with Gasteiger partial charge in [-0.05, 0) is 54.8 Å². The number of hydrogen-bond acceptors (Lipinski definition) is 4. The van der Waals surface area contributed by atoms with Gasteiger partial charge in [-0.2, -0.15) is 0 Å². The normalized spacial score (nSPS) is 24.4. The van der Waals surface area contributed by atoms with Crippen molar-refractivity contribution < 1.29 is 14.3 Å². The minimum Gasteiger partial charge on any atom is -0.380 e. The Morgan fingerprint density at radius 1 is 1.06 bits per heavy atom. The number of likely N-dealkylation sites (tertiary alicyclic amines) is 1. The zero-order chi connectivity index (χ0) is 24.4. The molecule has 6 nitrogen and oxygen atoms in total. The van der Waals surface area contributed by atoms with E-state index in [1.54, 1.807) is 42.3 Å². The minimum atomic E-state index is -0.309. The first kappa shape index (κ1) is 28.0. The number of benzene rings is 2. The van der Waals surface area contributed by atoms with Crippen LogP contribution in [0.25, 0.3) is 0 Å². The monoisotopic (exact) mass is 559 g/mol. The smallest absolute Gasteiger partial charge is 0.253 e. The summed E-state index contributed by atoms with van der Waals surface area (Å²) in [4.78, 5) is 30.3. The molecule has 2 unspecified atom stereocenters. The summed E-state index contributed by atoms with van der Waals surface area (Å²) in [5.74, 6) is -0.443. The second-order valence-corrected chi connectivity index (χ2v) is 10.2. The maximum absolute atomic E-state index is 13.4. The molecule has 0 saturated carbocycles. The van der Waals surface area contributed by atoms with E-state index in [9.17, 15) is 9.59 Å². The van der Waals surface area contributed by atoms with Gasteiger partial charge in [0.1, 0.15) is 0 Å². The number of likely N-dealkylation sites (N-methyl/N-ethyl adjacent to an activating group) is 1. The summed E-state index contributed by atoms with van der Waals surface area (Å²) in [5.41, 5.74) is 7.69. The number of piperidine rings is 1. The number of amides is 2. The highest BCUT2D eigenvalue weighted by atomic mass is 35.5. The maximum Gasteiger partial charge on any atom is 0.253 e. The van der Waals surface area contributed by atoms with Gasteiger partial charge in [-0.3, -0.25) is 9.59 Å². The summed E-state index contributed by atoms with van der Waals surface area (Å²) >= 11 is 18.5. The van der Waals surface area contributed by atoms with Crippen molar-refractivity contribution in [3.05, 3.63) is 68.7 Å². The average molecular weight is 561 g/mol. The molecule has 2 aromatic rings. The van der Waals surface area contributed by atoms with Crippen LogP contribution in [0.1, 0.15) is 34.7 Å². The predicted octanol–water partition coefficient (Wildman–Crippen LogP) is 4.89. The third-order valence-electron chi connectivity index (χ3n) is 6.89. The highest BCUT2D eigenvalue weighted by molar-refractivity contribution is 6.42. The first-order valence-electron chi connectivity index (χ1n) is 11.4. The van der Waals surface area contributed by atoms with Gasteiger partial charge in [0.2, 0.25) is 5.91 Å². The molecule has 190 valence electrons. The van der Waals surface area contributed by atoms with E-state index in [-0.39, 0.29) is 48.1 Å². The van der Waals surface area contributed by atoms with Crippen molar-refractivity contribution in [3.63, 3.8) is 0 Å². The molecule has 35 heavy (non-hydrogen) atoms. The third kappa shape index (κ3) is 6.24. The Morgan fingerprint density at radius 2 is 1.77 bits per heavy atom. The Kier molecular flexibility index (Phi) is 9.72. The molecule has 2 amide bonds. The molecule has 2 aliphatic rings. The SMILES string of the molecule is CN(C(=O)c1ccc(Cl)cc1)C1CCN(C(=O)[C@H]2CCOC[C@H]2N)CC1c1ccc(Cl)c(Cl)c1.Cl.